The number of rotatable bonds is 11. The van der Waals surface area contributed by atoms with Gasteiger partial charge in [0.25, 0.3) is 0 Å². The molecule has 0 amide bonds. The lowest BCUT2D eigenvalue weighted by atomic mass is 9.74. The Morgan fingerprint density at radius 2 is 1.93 bits per heavy atom. The fourth-order valence-corrected chi connectivity index (χ4v) is 3.84. The molecule has 1 aliphatic rings. The van der Waals surface area contributed by atoms with E-state index in [1.54, 1.807) is 36.4 Å². The molecule has 0 aliphatic heterocycles. The number of hydrogen-bond acceptors (Lipinski definition) is 6. The number of hydrogen-bond donors (Lipinski definition) is 4. The SMILES string of the molecule is CS(=O)(=O)N(NC/C=C\CCCC(=O)O)c1ccc(C(O)C2(O)CCC2)cc1. The van der Waals surface area contributed by atoms with Crippen LogP contribution in [-0.4, -0.2) is 48.1 Å². The number of aliphatic carboxylic acids is 1. The molecule has 1 aliphatic carbocycles. The first-order valence-electron chi connectivity index (χ1n) is 9.24. The lowest BCUT2D eigenvalue weighted by molar-refractivity contribution is -0.137. The van der Waals surface area contributed by atoms with Gasteiger partial charge in [-0.2, -0.15) is 0 Å². The van der Waals surface area contributed by atoms with Crippen LogP contribution in [0.5, 0.6) is 0 Å². The number of carbonyl (C=O) groups is 1. The van der Waals surface area contributed by atoms with Crippen LogP contribution in [0, 0.1) is 0 Å². The number of hydrazine groups is 1. The summed E-state index contributed by atoms with van der Waals surface area (Å²) < 4.78 is 25.2. The number of sulfonamides is 1. The zero-order chi connectivity index (χ0) is 20.8. The van der Waals surface area contributed by atoms with Gasteiger partial charge in [-0.1, -0.05) is 24.3 Å². The highest BCUT2D eigenvalue weighted by molar-refractivity contribution is 7.92. The summed E-state index contributed by atoms with van der Waals surface area (Å²) in [5.41, 5.74) is 2.64. The van der Waals surface area contributed by atoms with E-state index in [0.29, 0.717) is 36.9 Å². The third-order valence-electron chi connectivity index (χ3n) is 4.78. The zero-order valence-electron chi connectivity index (χ0n) is 15.9. The third kappa shape index (κ3) is 6.03. The lowest BCUT2D eigenvalue weighted by Crippen LogP contribution is -2.43. The summed E-state index contributed by atoms with van der Waals surface area (Å²) in [6.45, 7) is 0.254. The van der Waals surface area contributed by atoms with Crippen molar-refractivity contribution in [2.45, 2.75) is 50.2 Å². The van der Waals surface area contributed by atoms with Crippen LogP contribution in [0.4, 0.5) is 5.69 Å². The maximum atomic E-state index is 12.1. The molecular formula is C19H28N2O6S. The first-order chi connectivity index (χ1) is 13.1. The highest BCUT2D eigenvalue weighted by Gasteiger charge is 2.42. The predicted octanol–water partition coefficient (Wildman–Crippen LogP) is 1.72. The molecule has 0 radical (unpaired) electrons. The van der Waals surface area contributed by atoms with E-state index in [1.807, 2.05) is 0 Å². The quantitative estimate of drug-likeness (QED) is 0.248. The summed E-state index contributed by atoms with van der Waals surface area (Å²) in [4.78, 5) is 10.4. The van der Waals surface area contributed by atoms with Gasteiger partial charge in [0.2, 0.25) is 10.0 Å². The molecule has 1 unspecified atom stereocenters. The van der Waals surface area contributed by atoms with Crippen LogP contribution in [-0.2, 0) is 14.8 Å². The number of anilines is 1. The monoisotopic (exact) mass is 412 g/mol. The molecule has 156 valence electrons. The van der Waals surface area contributed by atoms with Crippen molar-refractivity contribution in [2.75, 3.05) is 17.2 Å². The van der Waals surface area contributed by atoms with Crippen molar-refractivity contribution in [3.63, 3.8) is 0 Å². The van der Waals surface area contributed by atoms with E-state index in [1.165, 1.54) is 0 Å². The Morgan fingerprint density at radius 3 is 2.43 bits per heavy atom. The van der Waals surface area contributed by atoms with Crippen molar-refractivity contribution in [1.82, 2.24) is 5.43 Å². The molecule has 9 heteroatoms. The molecule has 4 N–H and O–H groups in total. The minimum absolute atomic E-state index is 0.0978. The number of carboxylic acids is 1. The van der Waals surface area contributed by atoms with Gasteiger partial charge < -0.3 is 15.3 Å². The Hall–Kier alpha value is -1.94. The van der Waals surface area contributed by atoms with Crippen LogP contribution >= 0.6 is 0 Å². The molecule has 1 saturated carbocycles. The van der Waals surface area contributed by atoms with Crippen molar-refractivity contribution in [3.05, 3.63) is 42.0 Å². The first-order valence-corrected chi connectivity index (χ1v) is 11.1. The summed E-state index contributed by atoms with van der Waals surface area (Å²) in [7, 11) is -3.58. The Kier molecular flexibility index (Phi) is 7.59. The van der Waals surface area contributed by atoms with Gasteiger partial charge in [-0.05, 0) is 49.8 Å². The van der Waals surface area contributed by atoms with Crippen molar-refractivity contribution in [3.8, 4) is 0 Å². The number of unbranched alkanes of at least 4 members (excludes halogenated alkanes) is 1. The average Bonchev–Trinajstić information content (AvgIpc) is 2.60. The minimum atomic E-state index is -3.58. The third-order valence-corrected chi connectivity index (χ3v) is 5.79. The Balaban J connectivity index is 1.97. The summed E-state index contributed by atoms with van der Waals surface area (Å²) >= 11 is 0. The molecule has 1 fully saturated rings. The molecule has 2 rings (SSSR count). The second kappa shape index (κ2) is 9.51. The average molecular weight is 413 g/mol. The van der Waals surface area contributed by atoms with Crippen LogP contribution in [0.3, 0.4) is 0 Å². The molecule has 0 spiro atoms. The molecule has 0 bridgehead atoms. The molecule has 28 heavy (non-hydrogen) atoms. The summed E-state index contributed by atoms with van der Waals surface area (Å²) in [5, 5.41) is 29.2. The van der Waals surface area contributed by atoms with E-state index in [2.05, 4.69) is 5.43 Å². The van der Waals surface area contributed by atoms with Gasteiger partial charge in [0.1, 0.15) is 6.10 Å². The highest BCUT2D eigenvalue weighted by atomic mass is 32.2. The predicted molar refractivity (Wildman–Crippen MR) is 106 cm³/mol. The van der Waals surface area contributed by atoms with Crippen LogP contribution in [0.25, 0.3) is 0 Å². The number of aliphatic hydroxyl groups excluding tert-OH is 1. The van der Waals surface area contributed by atoms with Gasteiger partial charge in [0, 0.05) is 13.0 Å². The molecule has 0 heterocycles. The van der Waals surface area contributed by atoms with Gasteiger partial charge in [-0.3, -0.25) is 4.79 Å². The highest BCUT2D eigenvalue weighted by Crippen LogP contribution is 2.42. The van der Waals surface area contributed by atoms with E-state index in [9.17, 15) is 23.4 Å². The van der Waals surface area contributed by atoms with Gasteiger partial charge in [-0.25, -0.2) is 18.3 Å². The minimum Gasteiger partial charge on any atom is -0.481 e. The summed E-state index contributed by atoms with van der Waals surface area (Å²) in [6.07, 6.45) is 6.82. The van der Waals surface area contributed by atoms with E-state index in [0.717, 1.165) is 17.1 Å². The molecule has 8 nitrogen and oxygen atoms in total. The van der Waals surface area contributed by atoms with Crippen LogP contribution in [0.1, 0.15) is 50.2 Å². The van der Waals surface area contributed by atoms with Crippen LogP contribution in [0.2, 0.25) is 0 Å². The normalized spacial score (nSPS) is 17.2. The van der Waals surface area contributed by atoms with Crippen molar-refractivity contribution in [1.29, 1.82) is 0 Å². The molecule has 1 aromatic carbocycles. The number of nitrogens with one attached hydrogen (secondary N) is 1. The van der Waals surface area contributed by atoms with E-state index in [4.69, 9.17) is 5.11 Å². The number of carboxylic acid groups (broad SMARTS) is 1. The lowest BCUT2D eigenvalue weighted by Gasteiger charge is -2.40. The van der Waals surface area contributed by atoms with E-state index < -0.39 is 27.7 Å². The Bertz CT molecular complexity index is 787. The van der Waals surface area contributed by atoms with E-state index in [-0.39, 0.29) is 13.0 Å². The molecule has 0 aromatic heterocycles. The topological polar surface area (TPSA) is 127 Å². The Labute approximate surface area is 165 Å². The second-order valence-corrected chi connectivity index (χ2v) is 8.93. The number of allylic oxidation sites excluding steroid dienone is 1. The smallest absolute Gasteiger partial charge is 0.303 e. The van der Waals surface area contributed by atoms with E-state index >= 15 is 0 Å². The van der Waals surface area contributed by atoms with Crippen LogP contribution in [0.15, 0.2) is 36.4 Å². The van der Waals surface area contributed by atoms with Crippen LogP contribution < -0.4 is 9.84 Å². The van der Waals surface area contributed by atoms with Gasteiger partial charge in [-0.15, -0.1) is 0 Å². The summed E-state index contributed by atoms with van der Waals surface area (Å²) in [5.74, 6) is -0.840. The standard InChI is InChI=1S/C19H28N2O6S/c1-28(26,27)21(20-14-5-3-2-4-7-17(22)23)16-10-8-15(9-11-16)18(24)19(25)12-6-13-19/h3,5,8-11,18,20,24-25H,2,4,6-7,12-14H2,1H3,(H,22,23)/b5-3-. The zero-order valence-corrected chi connectivity index (χ0v) is 16.7. The first kappa shape index (κ1) is 22.4. The molecular weight excluding hydrogens is 384 g/mol. The van der Waals surface area contributed by atoms with Gasteiger partial charge in [0.15, 0.2) is 0 Å². The fourth-order valence-electron chi connectivity index (χ4n) is 3.02. The number of aliphatic hydroxyl groups is 2. The second-order valence-electron chi connectivity index (χ2n) is 7.10. The largest absolute Gasteiger partial charge is 0.481 e. The maximum absolute atomic E-state index is 12.1. The maximum Gasteiger partial charge on any atom is 0.303 e. The van der Waals surface area contributed by atoms with Crippen molar-refractivity contribution in [2.24, 2.45) is 0 Å². The number of nitrogens with zero attached hydrogens (tertiary/aromatic N) is 1. The van der Waals surface area contributed by atoms with Gasteiger partial charge in [0.05, 0.1) is 17.5 Å². The fraction of sp³-hybridized carbons (Fsp3) is 0.526. The van der Waals surface area contributed by atoms with Crippen molar-refractivity contribution < 1.29 is 28.5 Å². The number of benzene rings is 1. The Morgan fingerprint density at radius 1 is 1.29 bits per heavy atom. The van der Waals surface area contributed by atoms with Gasteiger partial charge >= 0.3 is 5.97 Å². The molecule has 0 saturated heterocycles. The molecule has 1 aromatic rings. The summed E-state index contributed by atoms with van der Waals surface area (Å²) in [6, 6.07) is 6.37. The molecule has 1 atom stereocenters. The van der Waals surface area contributed by atoms with Crippen molar-refractivity contribution >= 4 is 21.7 Å².